The van der Waals surface area contributed by atoms with Crippen LogP contribution in [-0.2, 0) is 4.74 Å². The van der Waals surface area contributed by atoms with Crippen molar-refractivity contribution in [2.24, 2.45) is 0 Å². The van der Waals surface area contributed by atoms with Crippen LogP contribution in [0.25, 0.3) is 0 Å². The molecule has 1 aliphatic heterocycles. The SMILES string of the molecule is COc1cc([N+](=O)[O-])ccc1NC(=O)N1C[C@H](C)O[C@@H](C)C1. The Labute approximate surface area is 128 Å². The van der Waals surface area contributed by atoms with Crippen LogP contribution in [0.1, 0.15) is 13.8 Å². The number of nitrogens with one attached hydrogen (secondary N) is 1. The van der Waals surface area contributed by atoms with E-state index in [9.17, 15) is 14.9 Å². The van der Waals surface area contributed by atoms with E-state index in [1.165, 1.54) is 25.3 Å². The van der Waals surface area contributed by atoms with Gasteiger partial charge in [-0.2, -0.15) is 0 Å². The van der Waals surface area contributed by atoms with Gasteiger partial charge in [0.1, 0.15) is 5.75 Å². The van der Waals surface area contributed by atoms with E-state index in [-0.39, 0.29) is 29.7 Å². The second kappa shape index (κ2) is 6.61. The minimum Gasteiger partial charge on any atom is -0.494 e. The Morgan fingerprint density at radius 1 is 1.41 bits per heavy atom. The molecular formula is C14H19N3O5. The smallest absolute Gasteiger partial charge is 0.322 e. The first kappa shape index (κ1) is 16.0. The molecule has 0 radical (unpaired) electrons. The number of anilines is 1. The van der Waals surface area contributed by atoms with Gasteiger partial charge < -0.3 is 19.7 Å². The summed E-state index contributed by atoms with van der Waals surface area (Å²) in [6.07, 6.45) is -0.0680. The average Bonchev–Trinajstić information content (AvgIpc) is 2.46. The number of rotatable bonds is 3. The van der Waals surface area contributed by atoms with E-state index in [2.05, 4.69) is 5.32 Å². The van der Waals surface area contributed by atoms with Crippen LogP contribution in [0.3, 0.4) is 0 Å². The first-order valence-electron chi connectivity index (χ1n) is 6.94. The summed E-state index contributed by atoms with van der Waals surface area (Å²) in [6.45, 7) is 4.79. The number of morpholine rings is 1. The molecule has 2 rings (SSSR count). The number of ether oxygens (including phenoxy) is 2. The molecule has 22 heavy (non-hydrogen) atoms. The number of nitro groups is 1. The van der Waals surface area contributed by atoms with Crippen molar-refractivity contribution >= 4 is 17.4 Å². The summed E-state index contributed by atoms with van der Waals surface area (Å²) in [4.78, 5) is 24.2. The minimum atomic E-state index is -0.514. The van der Waals surface area contributed by atoms with Gasteiger partial charge in [0.25, 0.3) is 5.69 Å². The summed E-state index contributed by atoms with van der Waals surface area (Å²) in [5, 5.41) is 13.5. The Morgan fingerprint density at radius 3 is 2.59 bits per heavy atom. The molecule has 1 saturated heterocycles. The van der Waals surface area contributed by atoms with Crippen molar-refractivity contribution in [1.29, 1.82) is 0 Å². The van der Waals surface area contributed by atoms with Crippen LogP contribution >= 0.6 is 0 Å². The largest absolute Gasteiger partial charge is 0.494 e. The predicted molar refractivity (Wildman–Crippen MR) is 80.2 cm³/mol. The number of non-ortho nitro benzene ring substituents is 1. The number of urea groups is 1. The first-order chi connectivity index (χ1) is 10.4. The van der Waals surface area contributed by atoms with Gasteiger partial charge in [0.2, 0.25) is 0 Å². The number of hydrogen-bond acceptors (Lipinski definition) is 5. The maximum absolute atomic E-state index is 12.3. The Balaban J connectivity index is 2.12. The fourth-order valence-electron chi connectivity index (χ4n) is 2.43. The number of nitro benzene ring substituents is 1. The minimum absolute atomic E-state index is 0.0340. The highest BCUT2D eigenvalue weighted by atomic mass is 16.6. The lowest BCUT2D eigenvalue weighted by Gasteiger charge is -2.35. The summed E-state index contributed by atoms with van der Waals surface area (Å²) in [7, 11) is 1.40. The van der Waals surface area contributed by atoms with E-state index in [0.29, 0.717) is 18.8 Å². The molecule has 0 aromatic heterocycles. The third-order valence-electron chi connectivity index (χ3n) is 3.34. The Kier molecular flexibility index (Phi) is 4.81. The van der Waals surface area contributed by atoms with Gasteiger partial charge in [-0.1, -0.05) is 0 Å². The maximum atomic E-state index is 12.3. The molecule has 0 bridgehead atoms. The number of amides is 2. The number of benzene rings is 1. The lowest BCUT2D eigenvalue weighted by Crippen LogP contribution is -2.49. The molecule has 1 aromatic carbocycles. The van der Waals surface area contributed by atoms with Gasteiger partial charge in [-0.3, -0.25) is 10.1 Å². The zero-order valence-electron chi connectivity index (χ0n) is 12.7. The lowest BCUT2D eigenvalue weighted by atomic mass is 10.2. The summed E-state index contributed by atoms with van der Waals surface area (Å²) in [5.41, 5.74) is 0.299. The Bertz CT molecular complexity index is 568. The van der Waals surface area contributed by atoms with Gasteiger partial charge in [0, 0.05) is 19.2 Å². The molecule has 1 N–H and O–H groups in total. The van der Waals surface area contributed by atoms with E-state index < -0.39 is 4.92 Å². The van der Waals surface area contributed by atoms with Crippen molar-refractivity contribution in [3.63, 3.8) is 0 Å². The molecule has 2 amide bonds. The normalized spacial score (nSPS) is 21.3. The van der Waals surface area contributed by atoms with Crippen molar-refractivity contribution in [3.8, 4) is 5.75 Å². The van der Waals surface area contributed by atoms with Gasteiger partial charge in [-0.05, 0) is 19.9 Å². The van der Waals surface area contributed by atoms with Gasteiger partial charge in [0.05, 0.1) is 36.0 Å². The van der Waals surface area contributed by atoms with Gasteiger partial charge in [0.15, 0.2) is 0 Å². The molecule has 1 aliphatic rings. The maximum Gasteiger partial charge on any atom is 0.322 e. The highest BCUT2D eigenvalue weighted by Crippen LogP contribution is 2.29. The second-order valence-electron chi connectivity index (χ2n) is 5.23. The molecule has 2 atom stereocenters. The molecule has 1 heterocycles. The lowest BCUT2D eigenvalue weighted by molar-refractivity contribution is -0.384. The molecule has 0 aliphatic carbocycles. The number of nitrogens with zero attached hydrogens (tertiary/aromatic N) is 2. The topological polar surface area (TPSA) is 93.9 Å². The highest BCUT2D eigenvalue weighted by molar-refractivity contribution is 5.91. The zero-order chi connectivity index (χ0) is 16.3. The summed E-state index contributed by atoms with van der Waals surface area (Å²) >= 11 is 0. The molecule has 0 spiro atoms. The second-order valence-corrected chi connectivity index (χ2v) is 5.23. The molecule has 1 aromatic rings. The molecule has 120 valence electrons. The quantitative estimate of drug-likeness (QED) is 0.682. The third kappa shape index (κ3) is 3.64. The fraction of sp³-hybridized carbons (Fsp3) is 0.500. The average molecular weight is 309 g/mol. The molecule has 0 unspecified atom stereocenters. The van der Waals surface area contributed by atoms with Gasteiger partial charge in [-0.15, -0.1) is 0 Å². The van der Waals surface area contributed by atoms with Gasteiger partial charge >= 0.3 is 6.03 Å². The summed E-state index contributed by atoms with van der Waals surface area (Å²) < 4.78 is 10.7. The first-order valence-corrected chi connectivity index (χ1v) is 6.94. The number of hydrogen-bond donors (Lipinski definition) is 1. The van der Waals surface area contributed by atoms with Crippen LogP contribution in [0.4, 0.5) is 16.2 Å². The third-order valence-corrected chi connectivity index (χ3v) is 3.34. The van der Waals surface area contributed by atoms with Crippen molar-refractivity contribution in [2.45, 2.75) is 26.1 Å². The van der Waals surface area contributed by atoms with Gasteiger partial charge in [-0.25, -0.2) is 4.79 Å². The summed E-state index contributed by atoms with van der Waals surface area (Å²) in [6, 6.07) is 3.78. The van der Waals surface area contributed by atoms with Crippen molar-refractivity contribution < 1.29 is 19.2 Å². The Hall–Kier alpha value is -2.35. The van der Waals surface area contributed by atoms with Crippen LogP contribution < -0.4 is 10.1 Å². The van der Waals surface area contributed by atoms with Crippen molar-refractivity contribution in [2.75, 3.05) is 25.5 Å². The zero-order valence-corrected chi connectivity index (χ0v) is 12.7. The number of carbonyl (C=O) groups excluding carboxylic acids is 1. The van der Waals surface area contributed by atoms with Crippen LogP contribution in [-0.4, -0.2) is 48.3 Å². The predicted octanol–water partition coefficient (Wildman–Crippen LogP) is 2.24. The molecule has 8 heteroatoms. The standard InChI is InChI=1S/C14H19N3O5/c1-9-7-16(8-10(2)22-9)14(18)15-12-5-4-11(17(19)20)6-13(12)21-3/h4-6,9-10H,7-8H2,1-3H3,(H,15,18)/t9-,10-/m0/s1. The van der Waals surface area contributed by atoms with E-state index in [1.807, 2.05) is 13.8 Å². The van der Waals surface area contributed by atoms with Crippen molar-refractivity contribution in [1.82, 2.24) is 4.90 Å². The molecule has 8 nitrogen and oxygen atoms in total. The molecule has 1 fully saturated rings. The van der Waals surface area contributed by atoms with E-state index >= 15 is 0 Å². The van der Waals surface area contributed by atoms with Crippen LogP contribution in [0.5, 0.6) is 5.75 Å². The van der Waals surface area contributed by atoms with E-state index in [4.69, 9.17) is 9.47 Å². The highest BCUT2D eigenvalue weighted by Gasteiger charge is 2.26. The fourth-order valence-corrected chi connectivity index (χ4v) is 2.43. The van der Waals surface area contributed by atoms with E-state index in [1.54, 1.807) is 4.90 Å². The van der Waals surface area contributed by atoms with Crippen molar-refractivity contribution in [3.05, 3.63) is 28.3 Å². The van der Waals surface area contributed by atoms with Crippen LogP contribution in [0.15, 0.2) is 18.2 Å². The molecule has 0 saturated carbocycles. The molecular weight excluding hydrogens is 290 g/mol. The number of carbonyl (C=O) groups is 1. The van der Waals surface area contributed by atoms with Crippen LogP contribution in [0, 0.1) is 10.1 Å². The Morgan fingerprint density at radius 2 is 2.05 bits per heavy atom. The monoisotopic (exact) mass is 309 g/mol. The summed E-state index contributed by atoms with van der Waals surface area (Å²) in [5.74, 6) is 0.247. The number of methoxy groups -OCH3 is 1. The van der Waals surface area contributed by atoms with Crippen LogP contribution in [0.2, 0.25) is 0 Å². The van der Waals surface area contributed by atoms with E-state index in [0.717, 1.165) is 0 Å².